The van der Waals surface area contributed by atoms with Crippen molar-refractivity contribution in [2.75, 3.05) is 17.7 Å². The summed E-state index contributed by atoms with van der Waals surface area (Å²) in [5, 5.41) is 9.42. The third kappa shape index (κ3) is 3.97. The highest BCUT2D eigenvalue weighted by Gasteiger charge is 2.15. The van der Waals surface area contributed by atoms with Crippen LogP contribution in [0.1, 0.15) is 19.0 Å². The predicted octanol–water partition coefficient (Wildman–Crippen LogP) is 4.68. The number of anilines is 3. The van der Waals surface area contributed by atoms with Crippen LogP contribution in [0.4, 0.5) is 16.0 Å². The molecule has 0 unspecified atom stereocenters. The summed E-state index contributed by atoms with van der Waals surface area (Å²) in [5.41, 5.74) is 2.56. The van der Waals surface area contributed by atoms with Crippen molar-refractivity contribution in [3.63, 3.8) is 0 Å². The Morgan fingerprint density at radius 3 is 2.80 bits per heavy atom. The number of ether oxygens (including phenoxy) is 1. The van der Waals surface area contributed by atoms with Gasteiger partial charge in [0.25, 0.3) is 0 Å². The van der Waals surface area contributed by atoms with Crippen LogP contribution in [0.5, 0.6) is 5.75 Å². The molecule has 3 rings (SSSR count). The lowest BCUT2D eigenvalue weighted by atomic mass is 10.3. The number of nitrogens with one attached hydrogen (secondary N) is 2. The molecule has 2 heterocycles. The van der Waals surface area contributed by atoms with Crippen LogP contribution in [0.2, 0.25) is 0 Å². The third-order valence-electron chi connectivity index (χ3n) is 3.45. The first kappa shape index (κ1) is 17.4. The highest BCUT2D eigenvalue weighted by atomic mass is 32.1. The number of nitrogens with zero attached hydrogens (tertiary/aromatic N) is 2. The van der Waals surface area contributed by atoms with Crippen molar-refractivity contribution in [3.05, 3.63) is 35.3 Å². The minimum Gasteiger partial charge on any atom is -0.495 e. The summed E-state index contributed by atoms with van der Waals surface area (Å²) in [5.74, 6) is 0.717. The lowest BCUT2D eigenvalue weighted by Crippen LogP contribution is -2.08. The van der Waals surface area contributed by atoms with Gasteiger partial charge in [0, 0.05) is 11.8 Å². The van der Waals surface area contributed by atoms with E-state index in [0.29, 0.717) is 11.6 Å². The number of thiazole rings is 2. The lowest BCUT2D eigenvalue weighted by Gasteiger charge is -2.07. The van der Waals surface area contributed by atoms with Gasteiger partial charge in [0.15, 0.2) is 10.3 Å². The fourth-order valence-electron chi connectivity index (χ4n) is 2.19. The first-order valence-corrected chi connectivity index (χ1v) is 9.43. The summed E-state index contributed by atoms with van der Waals surface area (Å²) in [6, 6.07) is 7.70. The monoisotopic (exact) mass is 374 g/mol. The van der Waals surface area contributed by atoms with Crippen molar-refractivity contribution in [2.45, 2.75) is 20.3 Å². The number of carbonyl (C=O) groups is 1. The van der Waals surface area contributed by atoms with Crippen molar-refractivity contribution in [2.24, 2.45) is 0 Å². The number of para-hydroxylation sites is 2. The fourth-order valence-corrected chi connectivity index (χ4v) is 3.93. The highest BCUT2D eigenvalue weighted by molar-refractivity contribution is 7.20. The molecule has 25 heavy (non-hydrogen) atoms. The van der Waals surface area contributed by atoms with Crippen LogP contribution in [-0.4, -0.2) is 23.0 Å². The predicted molar refractivity (Wildman–Crippen MR) is 103 cm³/mol. The number of amides is 1. The van der Waals surface area contributed by atoms with Crippen LogP contribution < -0.4 is 15.4 Å². The molecule has 0 fully saturated rings. The summed E-state index contributed by atoms with van der Waals surface area (Å²) in [6.45, 7) is 3.73. The smallest absolute Gasteiger partial charge is 0.225 e. The number of hydrogen-bond donors (Lipinski definition) is 2. The number of carbonyl (C=O) groups excluding carboxylic acids is 1. The molecule has 0 bridgehead atoms. The Morgan fingerprint density at radius 2 is 2.04 bits per heavy atom. The second-order valence-corrected chi connectivity index (χ2v) is 7.06. The van der Waals surface area contributed by atoms with E-state index in [2.05, 4.69) is 20.6 Å². The van der Waals surface area contributed by atoms with Crippen LogP contribution in [-0.2, 0) is 4.79 Å². The van der Waals surface area contributed by atoms with E-state index in [9.17, 15) is 4.79 Å². The largest absolute Gasteiger partial charge is 0.495 e. The highest BCUT2D eigenvalue weighted by Crippen LogP contribution is 2.36. The Labute approximate surface area is 153 Å². The third-order valence-corrected chi connectivity index (χ3v) is 5.30. The number of methoxy groups -OCH3 is 1. The number of hydrogen-bond acceptors (Lipinski definition) is 7. The molecule has 8 heteroatoms. The summed E-state index contributed by atoms with van der Waals surface area (Å²) in [6.07, 6.45) is 0.428. The van der Waals surface area contributed by atoms with Gasteiger partial charge in [0.2, 0.25) is 5.91 Å². The Bertz CT molecular complexity index is 888. The maximum atomic E-state index is 11.5. The van der Waals surface area contributed by atoms with Crippen molar-refractivity contribution in [1.82, 2.24) is 9.97 Å². The maximum Gasteiger partial charge on any atom is 0.225 e. The molecular weight excluding hydrogens is 356 g/mol. The summed E-state index contributed by atoms with van der Waals surface area (Å²) >= 11 is 2.94. The number of aryl methyl sites for hydroxylation is 1. The molecule has 0 atom stereocenters. The minimum atomic E-state index is -0.0443. The van der Waals surface area contributed by atoms with Gasteiger partial charge in [0.1, 0.15) is 5.75 Å². The van der Waals surface area contributed by atoms with Crippen molar-refractivity contribution >= 4 is 44.5 Å². The van der Waals surface area contributed by atoms with Gasteiger partial charge in [-0.05, 0) is 19.1 Å². The van der Waals surface area contributed by atoms with E-state index >= 15 is 0 Å². The zero-order chi connectivity index (χ0) is 17.8. The van der Waals surface area contributed by atoms with Gasteiger partial charge in [-0.15, -0.1) is 11.3 Å². The Morgan fingerprint density at radius 1 is 1.24 bits per heavy atom. The number of aromatic nitrogens is 2. The average Bonchev–Trinajstić information content (AvgIpc) is 3.21. The molecule has 0 aliphatic heterocycles. The maximum absolute atomic E-state index is 11.5. The van der Waals surface area contributed by atoms with E-state index in [-0.39, 0.29) is 5.91 Å². The molecule has 0 aliphatic rings. The molecule has 6 nitrogen and oxygen atoms in total. The van der Waals surface area contributed by atoms with Gasteiger partial charge >= 0.3 is 0 Å². The van der Waals surface area contributed by atoms with E-state index in [1.165, 1.54) is 22.7 Å². The molecule has 0 spiro atoms. The van der Waals surface area contributed by atoms with E-state index in [1.54, 1.807) is 7.11 Å². The van der Waals surface area contributed by atoms with Gasteiger partial charge in [-0.25, -0.2) is 9.97 Å². The zero-order valence-electron chi connectivity index (χ0n) is 14.1. The Hall–Kier alpha value is -2.45. The molecule has 130 valence electrons. The normalized spacial score (nSPS) is 10.5. The Balaban J connectivity index is 1.81. The molecule has 1 amide bonds. The molecule has 2 N–H and O–H groups in total. The number of rotatable bonds is 6. The van der Waals surface area contributed by atoms with Crippen LogP contribution in [0, 0.1) is 6.92 Å². The van der Waals surface area contributed by atoms with Crippen LogP contribution in [0.3, 0.4) is 0 Å². The molecule has 0 aliphatic carbocycles. The first-order chi connectivity index (χ1) is 12.1. The van der Waals surface area contributed by atoms with Gasteiger partial charge < -0.3 is 15.4 Å². The average molecular weight is 374 g/mol. The van der Waals surface area contributed by atoms with Crippen LogP contribution >= 0.6 is 22.7 Å². The minimum absolute atomic E-state index is 0.0443. The summed E-state index contributed by atoms with van der Waals surface area (Å²) in [7, 11) is 1.64. The molecule has 0 saturated carbocycles. The topological polar surface area (TPSA) is 76.1 Å². The molecular formula is C17H18N4O2S2. The zero-order valence-corrected chi connectivity index (χ0v) is 15.8. The van der Waals surface area contributed by atoms with E-state index in [0.717, 1.165) is 32.8 Å². The van der Waals surface area contributed by atoms with Gasteiger partial charge in [-0.1, -0.05) is 30.4 Å². The summed E-state index contributed by atoms with van der Waals surface area (Å²) < 4.78 is 5.35. The SMILES string of the molecule is CCC(=O)Nc1nc(C)c(-c2csc(Nc3ccccc3OC)n2)s1. The second kappa shape index (κ2) is 7.62. The molecule has 2 aromatic heterocycles. The summed E-state index contributed by atoms with van der Waals surface area (Å²) in [4.78, 5) is 21.5. The van der Waals surface area contributed by atoms with E-state index < -0.39 is 0 Å². The molecule has 3 aromatic rings. The second-order valence-electron chi connectivity index (χ2n) is 5.20. The van der Waals surface area contributed by atoms with Crippen LogP contribution in [0.15, 0.2) is 29.6 Å². The molecule has 0 radical (unpaired) electrons. The van der Waals surface area contributed by atoms with Gasteiger partial charge in [-0.3, -0.25) is 4.79 Å². The van der Waals surface area contributed by atoms with E-state index in [1.807, 2.05) is 43.5 Å². The first-order valence-electron chi connectivity index (χ1n) is 7.74. The molecule has 1 aromatic carbocycles. The lowest BCUT2D eigenvalue weighted by molar-refractivity contribution is -0.115. The fraction of sp³-hybridized carbons (Fsp3) is 0.235. The van der Waals surface area contributed by atoms with E-state index in [4.69, 9.17) is 4.74 Å². The van der Waals surface area contributed by atoms with Crippen molar-refractivity contribution < 1.29 is 9.53 Å². The van der Waals surface area contributed by atoms with Gasteiger partial charge in [0.05, 0.1) is 29.1 Å². The molecule has 0 saturated heterocycles. The standard InChI is InChI=1S/C17H18N4O2S2/c1-4-14(22)21-17-18-10(2)15(25-17)12-9-24-16(20-12)19-11-7-5-6-8-13(11)23-3/h5-9H,4H2,1-3H3,(H,19,20)(H,18,21,22). The quantitative estimate of drug-likeness (QED) is 0.655. The van der Waals surface area contributed by atoms with Crippen molar-refractivity contribution in [3.8, 4) is 16.3 Å². The number of benzene rings is 1. The van der Waals surface area contributed by atoms with Crippen LogP contribution in [0.25, 0.3) is 10.6 Å². The van der Waals surface area contributed by atoms with Crippen molar-refractivity contribution in [1.29, 1.82) is 0 Å². The van der Waals surface area contributed by atoms with Gasteiger partial charge in [-0.2, -0.15) is 0 Å². The Kier molecular flexibility index (Phi) is 5.30.